The highest BCUT2D eigenvalue weighted by Gasteiger charge is 2.12. The molecule has 0 heterocycles. The Hall–Kier alpha value is -2.69. The average Bonchev–Trinajstić information content (AvgIpc) is 2.46. The summed E-state index contributed by atoms with van der Waals surface area (Å²) in [6.45, 7) is 2.28. The highest BCUT2D eigenvalue weighted by atomic mass is 16.5. The largest absolute Gasteiger partial charge is 0.508 e. The van der Waals surface area contributed by atoms with E-state index < -0.39 is 0 Å². The molecule has 110 valence electrons. The Morgan fingerprint density at radius 1 is 1.00 bits per heavy atom. The van der Waals surface area contributed by atoms with E-state index >= 15 is 0 Å². The molecule has 2 aromatic carbocycles. The van der Waals surface area contributed by atoms with Gasteiger partial charge in [-0.05, 0) is 43.3 Å². The third-order valence-electron chi connectivity index (χ3n) is 2.79. The summed E-state index contributed by atoms with van der Waals surface area (Å²) in [6, 6.07) is 10.7. The number of aromatic hydroxyl groups is 2. The highest BCUT2D eigenvalue weighted by molar-refractivity contribution is 5.99. The number of hydrogen-bond acceptors (Lipinski definition) is 5. The van der Waals surface area contributed by atoms with Crippen molar-refractivity contribution in [1.82, 2.24) is 0 Å². The van der Waals surface area contributed by atoms with Gasteiger partial charge in [0, 0.05) is 6.07 Å². The molecule has 0 amide bonds. The van der Waals surface area contributed by atoms with Gasteiger partial charge in [-0.1, -0.05) is 0 Å². The van der Waals surface area contributed by atoms with Crippen molar-refractivity contribution in [2.45, 2.75) is 6.92 Å². The molecule has 5 heteroatoms. The summed E-state index contributed by atoms with van der Waals surface area (Å²) in [6.07, 6.45) is 0. The maximum atomic E-state index is 11.9. The smallest absolute Gasteiger partial charge is 0.203 e. The van der Waals surface area contributed by atoms with Crippen LogP contribution in [0, 0.1) is 0 Å². The second-order valence-corrected chi connectivity index (χ2v) is 4.32. The lowest BCUT2D eigenvalue weighted by Crippen LogP contribution is -2.11. The van der Waals surface area contributed by atoms with Crippen molar-refractivity contribution in [1.29, 1.82) is 0 Å². The second kappa shape index (κ2) is 6.65. The molecule has 0 fully saturated rings. The number of hydrogen-bond donors (Lipinski definition) is 2. The SMILES string of the molecule is CCOc1ccc(OCC(=O)c2ccc(O)cc2O)cc1. The van der Waals surface area contributed by atoms with Crippen LogP contribution in [0.15, 0.2) is 42.5 Å². The lowest BCUT2D eigenvalue weighted by atomic mass is 10.1. The number of ether oxygens (including phenoxy) is 2. The quantitative estimate of drug-likeness (QED) is 0.799. The Bertz CT molecular complexity index is 619. The average molecular weight is 288 g/mol. The van der Waals surface area contributed by atoms with Crippen molar-refractivity contribution >= 4 is 5.78 Å². The van der Waals surface area contributed by atoms with Crippen LogP contribution in [0.4, 0.5) is 0 Å². The van der Waals surface area contributed by atoms with Gasteiger partial charge in [0.2, 0.25) is 5.78 Å². The fraction of sp³-hybridized carbons (Fsp3) is 0.188. The predicted octanol–water partition coefficient (Wildman–Crippen LogP) is 2.76. The summed E-state index contributed by atoms with van der Waals surface area (Å²) in [5.41, 5.74) is 0.110. The van der Waals surface area contributed by atoms with Gasteiger partial charge in [-0.15, -0.1) is 0 Å². The standard InChI is InChI=1S/C16H16O5/c1-2-20-12-4-6-13(7-5-12)21-10-16(19)14-8-3-11(17)9-15(14)18/h3-9,17-18H,2,10H2,1H3. The zero-order valence-electron chi connectivity index (χ0n) is 11.6. The zero-order chi connectivity index (χ0) is 15.2. The van der Waals surface area contributed by atoms with E-state index in [1.165, 1.54) is 12.1 Å². The minimum atomic E-state index is -0.374. The van der Waals surface area contributed by atoms with Crippen molar-refractivity contribution in [3.05, 3.63) is 48.0 Å². The Labute approximate surface area is 122 Å². The maximum absolute atomic E-state index is 11.9. The lowest BCUT2D eigenvalue weighted by molar-refractivity contribution is 0.0919. The molecule has 2 aromatic rings. The van der Waals surface area contributed by atoms with Crippen LogP contribution in [0.2, 0.25) is 0 Å². The second-order valence-electron chi connectivity index (χ2n) is 4.32. The zero-order valence-corrected chi connectivity index (χ0v) is 11.6. The van der Waals surface area contributed by atoms with Gasteiger partial charge in [-0.2, -0.15) is 0 Å². The highest BCUT2D eigenvalue weighted by Crippen LogP contribution is 2.23. The minimum Gasteiger partial charge on any atom is -0.508 e. The Balaban J connectivity index is 1.97. The fourth-order valence-electron chi connectivity index (χ4n) is 1.78. The van der Waals surface area contributed by atoms with Crippen LogP contribution in [0.25, 0.3) is 0 Å². The van der Waals surface area contributed by atoms with Crippen LogP contribution in [0.5, 0.6) is 23.0 Å². The van der Waals surface area contributed by atoms with Crippen molar-refractivity contribution in [2.24, 2.45) is 0 Å². The molecule has 0 aliphatic carbocycles. The van der Waals surface area contributed by atoms with Crippen LogP contribution >= 0.6 is 0 Å². The summed E-state index contributed by atoms with van der Waals surface area (Å²) < 4.78 is 10.7. The molecular formula is C16H16O5. The van der Waals surface area contributed by atoms with Crippen LogP contribution in [0.3, 0.4) is 0 Å². The lowest BCUT2D eigenvalue weighted by Gasteiger charge is -2.08. The summed E-state index contributed by atoms with van der Waals surface area (Å²) in [5, 5.41) is 18.8. The summed E-state index contributed by atoms with van der Waals surface area (Å²) in [7, 11) is 0. The first kappa shape index (κ1) is 14.7. The molecule has 0 saturated heterocycles. The molecule has 0 bridgehead atoms. The van der Waals surface area contributed by atoms with Crippen LogP contribution in [-0.4, -0.2) is 29.2 Å². The van der Waals surface area contributed by atoms with E-state index in [1.807, 2.05) is 6.92 Å². The molecule has 5 nitrogen and oxygen atoms in total. The number of rotatable bonds is 6. The number of phenols is 2. The summed E-state index contributed by atoms with van der Waals surface area (Å²) in [4.78, 5) is 11.9. The van der Waals surface area contributed by atoms with E-state index in [9.17, 15) is 15.0 Å². The van der Waals surface area contributed by atoms with Crippen molar-refractivity contribution < 1.29 is 24.5 Å². The third kappa shape index (κ3) is 3.89. The maximum Gasteiger partial charge on any atom is 0.203 e. The predicted molar refractivity (Wildman–Crippen MR) is 77.2 cm³/mol. The van der Waals surface area contributed by atoms with Crippen LogP contribution in [0.1, 0.15) is 17.3 Å². The molecule has 2 rings (SSSR count). The minimum absolute atomic E-state index is 0.100. The Kier molecular flexibility index (Phi) is 4.66. The topological polar surface area (TPSA) is 76.0 Å². The monoisotopic (exact) mass is 288 g/mol. The van der Waals surface area contributed by atoms with Gasteiger partial charge in [0.1, 0.15) is 23.0 Å². The first-order chi connectivity index (χ1) is 10.1. The molecule has 0 atom stereocenters. The first-order valence-corrected chi connectivity index (χ1v) is 6.51. The fourth-order valence-corrected chi connectivity index (χ4v) is 1.78. The van der Waals surface area contributed by atoms with E-state index in [0.29, 0.717) is 12.4 Å². The van der Waals surface area contributed by atoms with Crippen molar-refractivity contribution in [3.63, 3.8) is 0 Å². The number of carbonyl (C=O) groups is 1. The third-order valence-corrected chi connectivity index (χ3v) is 2.79. The van der Waals surface area contributed by atoms with Gasteiger partial charge >= 0.3 is 0 Å². The van der Waals surface area contributed by atoms with E-state index in [1.54, 1.807) is 24.3 Å². The van der Waals surface area contributed by atoms with E-state index in [-0.39, 0.29) is 29.5 Å². The number of carbonyl (C=O) groups excluding carboxylic acids is 1. The van der Waals surface area contributed by atoms with Gasteiger partial charge in [0.05, 0.1) is 12.2 Å². The Morgan fingerprint density at radius 3 is 2.19 bits per heavy atom. The van der Waals surface area contributed by atoms with Crippen LogP contribution < -0.4 is 9.47 Å². The van der Waals surface area contributed by atoms with Gasteiger partial charge in [-0.25, -0.2) is 0 Å². The van der Waals surface area contributed by atoms with Gasteiger partial charge < -0.3 is 19.7 Å². The molecule has 0 saturated carbocycles. The molecule has 21 heavy (non-hydrogen) atoms. The van der Waals surface area contributed by atoms with Gasteiger partial charge in [0.25, 0.3) is 0 Å². The normalized spacial score (nSPS) is 10.1. The molecule has 0 unspecified atom stereocenters. The first-order valence-electron chi connectivity index (χ1n) is 6.51. The number of benzene rings is 2. The molecule has 0 spiro atoms. The Morgan fingerprint density at radius 2 is 1.62 bits per heavy atom. The number of Topliss-reactive ketones (excluding diaryl/α,β-unsaturated/α-hetero) is 1. The van der Waals surface area contributed by atoms with E-state index in [4.69, 9.17) is 9.47 Å². The molecule has 0 aliphatic rings. The van der Waals surface area contributed by atoms with E-state index in [0.717, 1.165) is 11.8 Å². The molecular weight excluding hydrogens is 272 g/mol. The van der Waals surface area contributed by atoms with Crippen molar-refractivity contribution in [2.75, 3.05) is 13.2 Å². The summed E-state index contributed by atoms with van der Waals surface area (Å²) >= 11 is 0. The number of ketones is 1. The van der Waals surface area contributed by atoms with Crippen LogP contribution in [-0.2, 0) is 0 Å². The molecule has 0 aromatic heterocycles. The number of phenolic OH excluding ortho intramolecular Hbond substituents is 2. The summed E-state index contributed by atoms with van der Waals surface area (Å²) in [5.74, 6) is 0.519. The molecule has 0 radical (unpaired) electrons. The molecule has 0 aliphatic heterocycles. The van der Waals surface area contributed by atoms with Gasteiger partial charge in [0.15, 0.2) is 6.61 Å². The molecule has 2 N–H and O–H groups in total. The van der Waals surface area contributed by atoms with Crippen molar-refractivity contribution in [3.8, 4) is 23.0 Å². The van der Waals surface area contributed by atoms with Gasteiger partial charge in [-0.3, -0.25) is 4.79 Å². The van der Waals surface area contributed by atoms with E-state index in [2.05, 4.69) is 0 Å².